The minimum absolute atomic E-state index is 0.0462. The van der Waals surface area contributed by atoms with Crippen LogP contribution in [0, 0.1) is 0 Å². The van der Waals surface area contributed by atoms with Crippen molar-refractivity contribution in [3.05, 3.63) is 26.7 Å². The Morgan fingerprint density at radius 3 is 2.36 bits per heavy atom. The lowest BCUT2D eigenvalue weighted by atomic mass is 10.1. The molecule has 0 N–H and O–H groups in total. The van der Waals surface area contributed by atoms with Crippen molar-refractivity contribution in [3.63, 3.8) is 0 Å². The summed E-state index contributed by atoms with van der Waals surface area (Å²) in [5.74, 6) is 0.619. The Balaban J connectivity index is 2.24. The van der Waals surface area contributed by atoms with Crippen LogP contribution >= 0.6 is 0 Å². The highest BCUT2D eigenvalue weighted by molar-refractivity contribution is 5.82. The van der Waals surface area contributed by atoms with Gasteiger partial charge in [0.1, 0.15) is 5.82 Å². The second-order valence-corrected chi connectivity index (χ2v) is 6.90. The Morgan fingerprint density at radius 2 is 1.76 bits per heavy atom. The molecule has 8 heteroatoms. The van der Waals surface area contributed by atoms with Crippen LogP contribution in [0.15, 0.2) is 9.59 Å². The number of piperidine rings is 1. The van der Waals surface area contributed by atoms with Gasteiger partial charge in [-0.25, -0.2) is 9.78 Å². The minimum atomic E-state index is -0.505. The first-order valence-corrected chi connectivity index (χ1v) is 8.72. The molecule has 3 heterocycles. The fourth-order valence-corrected chi connectivity index (χ4v) is 3.49. The highest BCUT2D eigenvalue weighted by Gasteiger charge is 2.25. The van der Waals surface area contributed by atoms with Crippen molar-refractivity contribution in [2.24, 2.45) is 14.1 Å². The summed E-state index contributed by atoms with van der Waals surface area (Å²) in [6.45, 7) is 5.81. The third-order valence-corrected chi connectivity index (χ3v) is 5.15. The van der Waals surface area contributed by atoms with E-state index < -0.39 is 17.3 Å². The molecule has 1 aliphatic heterocycles. The molecule has 1 atom stereocenters. The van der Waals surface area contributed by atoms with E-state index in [-0.39, 0.29) is 5.78 Å². The Hall–Kier alpha value is -2.22. The standard InChI is InChI=1S/C17H25N5O3/c1-11(12(2)23)22-13(10-21-8-6-5-7-9-21)18-15-14(22)16(24)20(4)17(25)19(15)3/h11H,5-10H2,1-4H3. The summed E-state index contributed by atoms with van der Waals surface area (Å²) < 4.78 is 4.16. The summed E-state index contributed by atoms with van der Waals surface area (Å²) in [5, 5.41) is 0. The number of hydrogen-bond acceptors (Lipinski definition) is 5. The summed E-state index contributed by atoms with van der Waals surface area (Å²) in [6, 6.07) is -0.505. The van der Waals surface area contributed by atoms with Crippen molar-refractivity contribution in [1.82, 2.24) is 23.6 Å². The number of aryl methyl sites for hydroxylation is 1. The first kappa shape index (κ1) is 17.6. The average molecular weight is 347 g/mol. The van der Waals surface area contributed by atoms with Gasteiger partial charge >= 0.3 is 5.69 Å². The SMILES string of the molecule is CC(=O)C(C)n1c(CN2CCCCC2)nc2c1c(=O)n(C)c(=O)n2C. The highest BCUT2D eigenvalue weighted by Crippen LogP contribution is 2.21. The van der Waals surface area contributed by atoms with Gasteiger partial charge in [0.2, 0.25) is 0 Å². The smallest absolute Gasteiger partial charge is 0.311 e. The van der Waals surface area contributed by atoms with E-state index in [1.807, 2.05) is 0 Å². The predicted molar refractivity (Wildman–Crippen MR) is 94.7 cm³/mol. The van der Waals surface area contributed by atoms with E-state index in [9.17, 15) is 14.4 Å². The number of likely N-dealkylation sites (tertiary alicyclic amines) is 1. The maximum absolute atomic E-state index is 12.7. The van der Waals surface area contributed by atoms with Crippen LogP contribution in [-0.2, 0) is 25.4 Å². The van der Waals surface area contributed by atoms with Gasteiger partial charge in [-0.2, -0.15) is 0 Å². The van der Waals surface area contributed by atoms with Crippen molar-refractivity contribution in [1.29, 1.82) is 0 Å². The van der Waals surface area contributed by atoms with Crippen LogP contribution in [0.5, 0.6) is 0 Å². The van der Waals surface area contributed by atoms with Gasteiger partial charge in [0.05, 0.1) is 12.6 Å². The van der Waals surface area contributed by atoms with Crippen LogP contribution in [0.2, 0.25) is 0 Å². The van der Waals surface area contributed by atoms with E-state index >= 15 is 0 Å². The molecule has 8 nitrogen and oxygen atoms in total. The maximum Gasteiger partial charge on any atom is 0.332 e. The molecule has 2 aromatic heterocycles. The van der Waals surface area contributed by atoms with Gasteiger partial charge in [-0.3, -0.25) is 23.6 Å². The second-order valence-electron chi connectivity index (χ2n) is 6.90. The van der Waals surface area contributed by atoms with Crippen LogP contribution in [0.25, 0.3) is 11.2 Å². The second kappa shape index (κ2) is 6.59. The van der Waals surface area contributed by atoms with Crippen molar-refractivity contribution in [3.8, 4) is 0 Å². The van der Waals surface area contributed by atoms with Gasteiger partial charge in [-0.1, -0.05) is 6.42 Å². The van der Waals surface area contributed by atoms with Crippen molar-refractivity contribution >= 4 is 16.9 Å². The first-order chi connectivity index (χ1) is 11.8. The van der Waals surface area contributed by atoms with Gasteiger partial charge in [0.25, 0.3) is 5.56 Å². The number of ketones is 1. The van der Waals surface area contributed by atoms with Crippen LogP contribution in [0.1, 0.15) is 45.0 Å². The van der Waals surface area contributed by atoms with Gasteiger partial charge < -0.3 is 4.57 Å². The lowest BCUT2D eigenvalue weighted by Crippen LogP contribution is -2.38. The number of carbonyl (C=O) groups is 1. The average Bonchev–Trinajstić information content (AvgIpc) is 2.97. The summed E-state index contributed by atoms with van der Waals surface area (Å²) in [6.07, 6.45) is 3.51. The number of aromatic nitrogens is 4. The van der Waals surface area contributed by atoms with Crippen molar-refractivity contribution < 1.29 is 4.79 Å². The Bertz CT molecular complexity index is 930. The first-order valence-electron chi connectivity index (χ1n) is 8.72. The third kappa shape index (κ3) is 2.95. The van der Waals surface area contributed by atoms with Gasteiger partial charge in [0.15, 0.2) is 16.9 Å². The molecule has 0 radical (unpaired) electrons. The summed E-state index contributed by atoms with van der Waals surface area (Å²) in [7, 11) is 3.05. The predicted octanol–water partition coefficient (Wildman–Crippen LogP) is 0.570. The lowest BCUT2D eigenvalue weighted by Gasteiger charge is -2.26. The number of Topliss-reactive ketones (excluding diaryl/α,β-unsaturated/α-hetero) is 1. The van der Waals surface area contributed by atoms with Gasteiger partial charge in [0, 0.05) is 14.1 Å². The molecule has 2 aromatic rings. The Morgan fingerprint density at radius 1 is 1.12 bits per heavy atom. The van der Waals surface area contributed by atoms with Crippen molar-refractivity contribution in [2.45, 2.75) is 45.7 Å². The molecule has 25 heavy (non-hydrogen) atoms. The summed E-state index contributed by atoms with van der Waals surface area (Å²) >= 11 is 0. The monoisotopic (exact) mass is 347 g/mol. The molecular weight excluding hydrogens is 322 g/mol. The van der Waals surface area contributed by atoms with E-state index in [0.29, 0.717) is 23.5 Å². The van der Waals surface area contributed by atoms with E-state index in [1.54, 1.807) is 18.5 Å². The number of fused-ring (bicyclic) bond motifs is 1. The zero-order valence-corrected chi connectivity index (χ0v) is 15.3. The number of hydrogen-bond donors (Lipinski definition) is 0. The molecule has 1 saturated heterocycles. The topological polar surface area (TPSA) is 82.1 Å². The fraction of sp³-hybridized carbons (Fsp3) is 0.647. The maximum atomic E-state index is 12.7. The number of rotatable bonds is 4. The Labute approximate surface area is 145 Å². The van der Waals surface area contributed by atoms with Crippen LogP contribution in [0.4, 0.5) is 0 Å². The molecule has 0 spiro atoms. The molecule has 136 valence electrons. The molecule has 1 aliphatic rings. The van der Waals surface area contributed by atoms with E-state index in [1.165, 1.54) is 25.0 Å². The minimum Gasteiger partial charge on any atom is -0.311 e. The number of imidazole rings is 1. The Kier molecular flexibility index (Phi) is 4.64. The zero-order valence-electron chi connectivity index (χ0n) is 15.3. The molecular formula is C17H25N5O3. The van der Waals surface area contributed by atoms with Gasteiger partial charge in [-0.05, 0) is 39.8 Å². The molecule has 1 unspecified atom stereocenters. The van der Waals surface area contributed by atoms with Crippen molar-refractivity contribution in [2.75, 3.05) is 13.1 Å². The van der Waals surface area contributed by atoms with E-state index in [0.717, 1.165) is 30.5 Å². The summed E-state index contributed by atoms with van der Waals surface area (Å²) in [5.41, 5.74) is -0.168. The van der Waals surface area contributed by atoms with E-state index in [2.05, 4.69) is 9.88 Å². The molecule has 3 rings (SSSR count). The third-order valence-electron chi connectivity index (χ3n) is 5.15. The number of nitrogens with zero attached hydrogens (tertiary/aromatic N) is 5. The van der Waals surface area contributed by atoms with Crippen LogP contribution < -0.4 is 11.2 Å². The number of carbonyl (C=O) groups excluding carboxylic acids is 1. The largest absolute Gasteiger partial charge is 0.332 e. The zero-order chi connectivity index (χ0) is 18.3. The molecule has 0 aliphatic carbocycles. The molecule has 0 aromatic carbocycles. The quantitative estimate of drug-likeness (QED) is 0.808. The molecule has 0 amide bonds. The summed E-state index contributed by atoms with van der Waals surface area (Å²) in [4.78, 5) is 43.9. The van der Waals surface area contributed by atoms with Gasteiger partial charge in [-0.15, -0.1) is 0 Å². The van der Waals surface area contributed by atoms with E-state index in [4.69, 9.17) is 0 Å². The lowest BCUT2D eigenvalue weighted by molar-refractivity contribution is -0.119. The normalized spacial score (nSPS) is 17.1. The highest BCUT2D eigenvalue weighted by atomic mass is 16.2. The van der Waals surface area contributed by atoms with Crippen LogP contribution in [0.3, 0.4) is 0 Å². The molecule has 0 saturated carbocycles. The van der Waals surface area contributed by atoms with Crippen LogP contribution in [-0.4, -0.2) is 42.5 Å². The molecule has 0 bridgehead atoms. The fourth-order valence-electron chi connectivity index (χ4n) is 3.49. The molecule has 1 fully saturated rings.